The molecule has 6 nitrogen and oxygen atoms in total. The number of aromatic carboxylic acids is 1. The van der Waals surface area contributed by atoms with Crippen LogP contribution in [-0.4, -0.2) is 32.6 Å². The first-order chi connectivity index (χ1) is 13.7. The highest BCUT2D eigenvalue weighted by Gasteiger charge is 2.22. The first-order valence-corrected chi connectivity index (χ1v) is 11.4. The Bertz CT molecular complexity index is 1020. The minimum absolute atomic E-state index is 0.0446. The van der Waals surface area contributed by atoms with Crippen LogP contribution in [0.2, 0.25) is 0 Å². The molecule has 1 saturated heterocycles. The zero-order chi connectivity index (χ0) is 21.2. The van der Waals surface area contributed by atoms with Gasteiger partial charge >= 0.3 is 5.97 Å². The van der Waals surface area contributed by atoms with Crippen molar-refractivity contribution in [3.63, 3.8) is 0 Å². The van der Waals surface area contributed by atoms with Crippen LogP contribution in [0.25, 0.3) is 0 Å². The molecule has 0 atom stereocenters. The Morgan fingerprint density at radius 3 is 2.17 bits per heavy atom. The van der Waals surface area contributed by atoms with E-state index in [-0.39, 0.29) is 16.1 Å². The van der Waals surface area contributed by atoms with Crippen molar-refractivity contribution in [1.82, 2.24) is 0 Å². The largest absolute Gasteiger partial charge is 0.478 e. The van der Waals surface area contributed by atoms with Gasteiger partial charge in [0, 0.05) is 18.8 Å². The van der Waals surface area contributed by atoms with Gasteiger partial charge in [-0.3, -0.25) is 4.72 Å². The van der Waals surface area contributed by atoms with Crippen molar-refractivity contribution in [3.8, 4) is 0 Å². The summed E-state index contributed by atoms with van der Waals surface area (Å²) in [7, 11) is -3.91. The molecule has 2 N–H and O–H groups in total. The number of nitrogens with one attached hydrogen (secondary N) is 1. The number of carboxylic acid groups (broad SMARTS) is 1. The highest BCUT2D eigenvalue weighted by Crippen LogP contribution is 2.29. The van der Waals surface area contributed by atoms with Gasteiger partial charge in [0.05, 0.1) is 16.1 Å². The maximum absolute atomic E-state index is 13.0. The average molecular weight is 417 g/mol. The number of sulfonamides is 1. The highest BCUT2D eigenvalue weighted by molar-refractivity contribution is 7.92. The van der Waals surface area contributed by atoms with Crippen LogP contribution in [0.3, 0.4) is 0 Å². The van der Waals surface area contributed by atoms with E-state index in [1.54, 1.807) is 31.2 Å². The number of anilines is 2. The molecule has 0 spiro atoms. The second-order valence-electron chi connectivity index (χ2n) is 7.74. The van der Waals surface area contributed by atoms with Gasteiger partial charge in [-0.05, 0) is 74.6 Å². The quantitative estimate of drug-likeness (QED) is 0.750. The summed E-state index contributed by atoms with van der Waals surface area (Å²) in [5, 5.41) is 9.69. The third kappa shape index (κ3) is 4.72. The maximum atomic E-state index is 13.0. The molecule has 0 radical (unpaired) electrons. The lowest BCUT2D eigenvalue weighted by Gasteiger charge is -2.24. The number of benzene rings is 2. The van der Waals surface area contributed by atoms with Crippen LogP contribution < -0.4 is 9.62 Å². The van der Waals surface area contributed by atoms with Crippen LogP contribution in [0.15, 0.2) is 35.2 Å². The van der Waals surface area contributed by atoms with E-state index in [1.807, 2.05) is 19.9 Å². The molecule has 1 heterocycles. The second kappa shape index (κ2) is 8.45. The third-order valence-corrected chi connectivity index (χ3v) is 7.04. The Morgan fingerprint density at radius 1 is 0.931 bits per heavy atom. The number of carbonyl (C=O) groups is 1. The molecule has 0 amide bonds. The summed E-state index contributed by atoms with van der Waals surface area (Å²) in [4.78, 5) is 14.2. The number of rotatable bonds is 5. The summed E-state index contributed by atoms with van der Waals surface area (Å²) in [6.45, 7) is 7.28. The first kappa shape index (κ1) is 21.2. The third-order valence-electron chi connectivity index (χ3n) is 5.53. The standard InChI is InChI=1S/C22H28N2O4S/c1-15-12-17(3)21(13-16(15)2)29(27,28)23-20-9-8-18(14-19(20)22(25)26)24-10-6-4-5-7-11-24/h8-9,12-14,23H,4-7,10-11H2,1-3H3,(H,25,26). The summed E-state index contributed by atoms with van der Waals surface area (Å²) in [5.74, 6) is -1.16. The fraction of sp³-hybridized carbons (Fsp3) is 0.409. The number of carboxylic acids is 1. The van der Waals surface area contributed by atoms with Crippen molar-refractivity contribution in [1.29, 1.82) is 0 Å². The SMILES string of the molecule is Cc1cc(C)c(S(=O)(=O)Nc2ccc(N3CCCCCC3)cc2C(=O)O)cc1C. The van der Waals surface area contributed by atoms with Crippen LogP contribution in [0.5, 0.6) is 0 Å². The Labute approximate surface area is 172 Å². The van der Waals surface area contributed by atoms with E-state index < -0.39 is 16.0 Å². The fourth-order valence-corrected chi connectivity index (χ4v) is 5.14. The van der Waals surface area contributed by atoms with E-state index >= 15 is 0 Å². The number of aryl methyl sites for hydroxylation is 3. The lowest BCUT2D eigenvalue weighted by atomic mass is 10.1. The van der Waals surface area contributed by atoms with E-state index in [9.17, 15) is 18.3 Å². The van der Waals surface area contributed by atoms with Crippen LogP contribution in [0, 0.1) is 20.8 Å². The topological polar surface area (TPSA) is 86.7 Å². The molecule has 2 aromatic carbocycles. The smallest absolute Gasteiger partial charge is 0.337 e. The van der Waals surface area contributed by atoms with E-state index in [0.29, 0.717) is 5.56 Å². The molecular weight excluding hydrogens is 388 g/mol. The van der Waals surface area contributed by atoms with Gasteiger partial charge in [0.25, 0.3) is 10.0 Å². The van der Waals surface area contributed by atoms with Crippen molar-refractivity contribution in [2.75, 3.05) is 22.7 Å². The molecule has 0 saturated carbocycles. The van der Waals surface area contributed by atoms with E-state index in [4.69, 9.17) is 0 Å². The molecule has 0 bridgehead atoms. The van der Waals surface area contributed by atoms with Gasteiger partial charge in [0.2, 0.25) is 0 Å². The van der Waals surface area contributed by atoms with Gasteiger partial charge in [-0.1, -0.05) is 18.9 Å². The molecule has 3 rings (SSSR count). The normalized spacial score (nSPS) is 15.1. The molecule has 1 aliphatic rings. The van der Waals surface area contributed by atoms with Crippen LogP contribution in [-0.2, 0) is 10.0 Å². The minimum Gasteiger partial charge on any atom is -0.478 e. The van der Waals surface area contributed by atoms with Crippen molar-refractivity contribution in [2.24, 2.45) is 0 Å². The zero-order valence-electron chi connectivity index (χ0n) is 17.2. The molecular formula is C22H28N2O4S. The van der Waals surface area contributed by atoms with E-state index in [2.05, 4.69) is 9.62 Å². The average Bonchev–Trinajstić information content (AvgIpc) is 2.94. The molecule has 0 unspecified atom stereocenters. The lowest BCUT2D eigenvalue weighted by molar-refractivity contribution is 0.0698. The van der Waals surface area contributed by atoms with E-state index in [1.165, 1.54) is 12.8 Å². The van der Waals surface area contributed by atoms with Crippen molar-refractivity contribution in [2.45, 2.75) is 51.3 Å². The molecule has 0 aliphatic carbocycles. The predicted octanol–water partition coefficient (Wildman–Crippen LogP) is 4.49. The van der Waals surface area contributed by atoms with Gasteiger partial charge in [0.1, 0.15) is 0 Å². The number of nitrogens with zero attached hydrogens (tertiary/aromatic N) is 1. The summed E-state index contributed by atoms with van der Waals surface area (Å²) < 4.78 is 28.4. The molecule has 2 aromatic rings. The fourth-order valence-electron chi connectivity index (χ4n) is 3.75. The van der Waals surface area contributed by atoms with Gasteiger partial charge in [0.15, 0.2) is 0 Å². The highest BCUT2D eigenvalue weighted by atomic mass is 32.2. The first-order valence-electron chi connectivity index (χ1n) is 9.92. The molecule has 29 heavy (non-hydrogen) atoms. The van der Waals surface area contributed by atoms with Crippen LogP contribution in [0.1, 0.15) is 52.7 Å². The number of hydrogen-bond acceptors (Lipinski definition) is 4. The summed E-state index contributed by atoms with van der Waals surface area (Å²) in [5.41, 5.74) is 3.35. The van der Waals surface area contributed by atoms with Crippen molar-refractivity contribution in [3.05, 3.63) is 52.6 Å². The molecule has 7 heteroatoms. The van der Waals surface area contributed by atoms with Crippen molar-refractivity contribution < 1.29 is 18.3 Å². The Balaban J connectivity index is 1.96. The van der Waals surface area contributed by atoms with Crippen molar-refractivity contribution >= 4 is 27.4 Å². The van der Waals surface area contributed by atoms with Gasteiger partial charge < -0.3 is 10.0 Å². The molecule has 1 fully saturated rings. The molecule has 1 aliphatic heterocycles. The Hall–Kier alpha value is -2.54. The second-order valence-corrected chi connectivity index (χ2v) is 9.39. The van der Waals surface area contributed by atoms with Gasteiger partial charge in [-0.25, -0.2) is 13.2 Å². The van der Waals surface area contributed by atoms with Gasteiger partial charge in [-0.2, -0.15) is 0 Å². The predicted molar refractivity (Wildman–Crippen MR) is 116 cm³/mol. The van der Waals surface area contributed by atoms with Crippen LogP contribution >= 0.6 is 0 Å². The Kier molecular flexibility index (Phi) is 6.17. The summed E-state index contributed by atoms with van der Waals surface area (Å²) in [6, 6.07) is 8.36. The monoisotopic (exact) mass is 416 g/mol. The number of hydrogen-bond donors (Lipinski definition) is 2. The van der Waals surface area contributed by atoms with Crippen LogP contribution in [0.4, 0.5) is 11.4 Å². The summed E-state index contributed by atoms with van der Waals surface area (Å²) >= 11 is 0. The molecule has 156 valence electrons. The lowest BCUT2D eigenvalue weighted by Crippen LogP contribution is -2.24. The van der Waals surface area contributed by atoms with E-state index in [0.717, 1.165) is 42.7 Å². The molecule has 0 aromatic heterocycles. The zero-order valence-corrected chi connectivity index (χ0v) is 18.0. The Morgan fingerprint density at radius 2 is 1.55 bits per heavy atom. The van der Waals surface area contributed by atoms with Gasteiger partial charge in [-0.15, -0.1) is 0 Å². The minimum atomic E-state index is -3.91. The maximum Gasteiger partial charge on any atom is 0.337 e. The summed E-state index contributed by atoms with van der Waals surface area (Å²) in [6.07, 6.45) is 4.50.